The number of fused-ring (bicyclic) bond motifs is 15. The van der Waals surface area contributed by atoms with Crippen molar-refractivity contribution in [3.63, 3.8) is 0 Å². The van der Waals surface area contributed by atoms with Gasteiger partial charge in [0.15, 0.2) is 0 Å². The molecule has 0 aliphatic carbocycles. The van der Waals surface area contributed by atoms with Crippen molar-refractivity contribution >= 4 is 91.8 Å². The summed E-state index contributed by atoms with van der Waals surface area (Å²) in [5, 5.41) is 8.39. The number of thiophene rings is 1. The Labute approximate surface area is 202 Å². The Morgan fingerprint density at radius 3 is 2.40 bits per heavy atom. The van der Waals surface area contributed by atoms with Crippen molar-refractivity contribution in [2.45, 2.75) is 0 Å². The topological polar surface area (TPSA) is 30.4 Å². The number of pyridine rings is 1. The molecule has 0 spiro atoms. The minimum Gasteiger partial charge on any atom is -0.456 e. The minimum absolute atomic E-state index is 0.913. The summed E-state index contributed by atoms with van der Waals surface area (Å²) in [6.07, 6.45) is 0. The lowest BCUT2D eigenvalue weighted by Gasteiger charge is -2.11. The molecule has 4 aromatic heterocycles. The van der Waals surface area contributed by atoms with E-state index in [4.69, 9.17) is 9.40 Å². The van der Waals surface area contributed by atoms with Crippen molar-refractivity contribution in [3.05, 3.63) is 97.1 Å². The maximum Gasteiger partial charge on any atom is 0.146 e. The highest BCUT2D eigenvalue weighted by Gasteiger charge is 2.19. The molecule has 0 bridgehead atoms. The fourth-order valence-corrected chi connectivity index (χ4v) is 6.97. The van der Waals surface area contributed by atoms with Gasteiger partial charge in [-0.3, -0.25) is 4.40 Å². The first-order chi connectivity index (χ1) is 17.3. The average Bonchev–Trinajstić information content (AvgIpc) is 3.58. The number of imidazole rings is 1. The van der Waals surface area contributed by atoms with Crippen molar-refractivity contribution in [1.82, 2.24) is 9.38 Å². The van der Waals surface area contributed by atoms with Crippen molar-refractivity contribution < 1.29 is 4.42 Å². The van der Waals surface area contributed by atoms with E-state index in [1.807, 2.05) is 23.5 Å². The normalized spacial score (nSPS) is 12.6. The fraction of sp³-hybridized carbons (Fsp3) is 0. The molecular weight excluding hydrogens is 448 g/mol. The first kappa shape index (κ1) is 18.0. The number of hydrogen-bond donors (Lipinski definition) is 0. The van der Waals surface area contributed by atoms with E-state index in [2.05, 4.69) is 89.3 Å². The lowest BCUT2D eigenvalue weighted by atomic mass is 10.0. The van der Waals surface area contributed by atoms with Crippen LogP contribution < -0.4 is 0 Å². The van der Waals surface area contributed by atoms with Crippen molar-refractivity contribution in [1.29, 1.82) is 0 Å². The molecule has 5 aromatic carbocycles. The summed E-state index contributed by atoms with van der Waals surface area (Å²) in [6.45, 7) is 0. The number of furan rings is 1. The number of para-hydroxylation sites is 3. The molecule has 3 nitrogen and oxygen atoms in total. The van der Waals surface area contributed by atoms with Gasteiger partial charge in [-0.2, -0.15) is 0 Å². The lowest BCUT2D eigenvalue weighted by molar-refractivity contribution is 0.669. The molecule has 4 heteroatoms. The maximum absolute atomic E-state index is 6.30. The van der Waals surface area contributed by atoms with Crippen LogP contribution in [-0.2, 0) is 0 Å². The molecular formula is C31H16N2OS. The third-order valence-electron chi connectivity index (χ3n) is 7.35. The SMILES string of the molecule is c1ccc2c(c1)nc1c3cc4c(cc3c3ccc5sc6ccccc6c5c3n21)oc1ccccc14. The van der Waals surface area contributed by atoms with Crippen LogP contribution in [0, 0.1) is 0 Å². The highest BCUT2D eigenvalue weighted by Crippen LogP contribution is 2.43. The van der Waals surface area contributed by atoms with Crippen LogP contribution in [-0.4, -0.2) is 9.38 Å². The standard InChI is InChI=1S/C31H16N2OS/c1-5-11-25-17(7-1)21-15-22-20(16-26(21)34-25)18-13-14-28-29(19-8-2-6-12-27(19)35-28)30(18)33-24-10-4-3-9-23(24)32-31(22)33/h1-16H. The average molecular weight is 465 g/mol. The van der Waals surface area contributed by atoms with Crippen LogP contribution in [0.25, 0.3) is 80.5 Å². The Morgan fingerprint density at radius 1 is 0.600 bits per heavy atom. The van der Waals surface area contributed by atoms with Gasteiger partial charge in [0.1, 0.15) is 16.8 Å². The Hall–Kier alpha value is -4.41. The van der Waals surface area contributed by atoms with Gasteiger partial charge in [0, 0.05) is 41.7 Å². The van der Waals surface area contributed by atoms with Crippen molar-refractivity contribution in [3.8, 4) is 0 Å². The Kier molecular flexibility index (Phi) is 3.17. The third-order valence-corrected chi connectivity index (χ3v) is 8.48. The number of aromatic nitrogens is 2. The second-order valence-corrected chi connectivity index (χ2v) is 10.3. The van der Waals surface area contributed by atoms with Gasteiger partial charge in [-0.25, -0.2) is 4.98 Å². The molecule has 0 aliphatic rings. The van der Waals surface area contributed by atoms with Gasteiger partial charge in [0.25, 0.3) is 0 Å². The largest absolute Gasteiger partial charge is 0.456 e. The summed E-state index contributed by atoms with van der Waals surface area (Å²) in [7, 11) is 0. The van der Waals surface area contributed by atoms with Crippen LogP contribution in [0.3, 0.4) is 0 Å². The van der Waals surface area contributed by atoms with Crippen LogP contribution in [0.1, 0.15) is 0 Å². The monoisotopic (exact) mass is 464 g/mol. The molecule has 0 saturated carbocycles. The number of benzene rings is 5. The molecule has 162 valence electrons. The van der Waals surface area contributed by atoms with Gasteiger partial charge < -0.3 is 4.42 Å². The second-order valence-electron chi connectivity index (χ2n) is 9.18. The predicted molar refractivity (Wildman–Crippen MR) is 148 cm³/mol. The Balaban J connectivity index is 1.65. The molecule has 9 rings (SSSR count). The van der Waals surface area contributed by atoms with E-state index in [-0.39, 0.29) is 0 Å². The first-order valence-electron chi connectivity index (χ1n) is 11.7. The molecule has 0 saturated heterocycles. The molecule has 4 heterocycles. The molecule has 0 amide bonds. The summed E-state index contributed by atoms with van der Waals surface area (Å²) in [6, 6.07) is 34.5. The molecule has 0 radical (unpaired) electrons. The van der Waals surface area contributed by atoms with Gasteiger partial charge in [-0.15, -0.1) is 11.3 Å². The summed E-state index contributed by atoms with van der Waals surface area (Å²) in [5.74, 6) is 0. The van der Waals surface area contributed by atoms with E-state index < -0.39 is 0 Å². The van der Waals surface area contributed by atoms with Gasteiger partial charge in [0.2, 0.25) is 0 Å². The zero-order valence-electron chi connectivity index (χ0n) is 18.4. The molecule has 0 N–H and O–H groups in total. The highest BCUT2D eigenvalue weighted by molar-refractivity contribution is 7.26. The zero-order chi connectivity index (χ0) is 22.7. The van der Waals surface area contributed by atoms with Crippen LogP contribution in [0.5, 0.6) is 0 Å². The first-order valence-corrected chi connectivity index (χ1v) is 12.5. The summed E-state index contributed by atoms with van der Waals surface area (Å²) < 4.78 is 11.3. The van der Waals surface area contributed by atoms with Gasteiger partial charge in [-0.1, -0.05) is 54.6 Å². The number of nitrogens with zero attached hydrogens (tertiary/aromatic N) is 2. The van der Waals surface area contributed by atoms with E-state index in [1.54, 1.807) is 0 Å². The van der Waals surface area contributed by atoms with Gasteiger partial charge in [-0.05, 0) is 47.9 Å². The van der Waals surface area contributed by atoms with Crippen LogP contribution in [0.2, 0.25) is 0 Å². The van der Waals surface area contributed by atoms with Gasteiger partial charge in [0.05, 0.1) is 16.6 Å². The van der Waals surface area contributed by atoms with E-state index >= 15 is 0 Å². The Morgan fingerprint density at radius 2 is 1.43 bits per heavy atom. The number of rotatable bonds is 0. The molecule has 0 aliphatic heterocycles. The van der Waals surface area contributed by atoms with Crippen molar-refractivity contribution in [2.75, 3.05) is 0 Å². The van der Waals surface area contributed by atoms with Crippen LogP contribution >= 0.6 is 11.3 Å². The lowest BCUT2D eigenvalue weighted by Crippen LogP contribution is -1.92. The number of hydrogen-bond acceptors (Lipinski definition) is 3. The summed E-state index contributed by atoms with van der Waals surface area (Å²) in [5.41, 5.74) is 6.17. The zero-order valence-corrected chi connectivity index (χ0v) is 19.3. The molecule has 0 fully saturated rings. The predicted octanol–water partition coefficient (Wildman–Crippen LogP) is 9.06. The van der Waals surface area contributed by atoms with Crippen LogP contribution in [0.4, 0.5) is 0 Å². The van der Waals surface area contributed by atoms with E-state index in [9.17, 15) is 0 Å². The van der Waals surface area contributed by atoms with Crippen molar-refractivity contribution in [2.24, 2.45) is 0 Å². The minimum atomic E-state index is 0.913. The molecule has 0 atom stereocenters. The van der Waals surface area contributed by atoms with Crippen LogP contribution in [0.15, 0.2) is 101 Å². The molecule has 9 aromatic rings. The maximum atomic E-state index is 6.30. The molecule has 35 heavy (non-hydrogen) atoms. The van der Waals surface area contributed by atoms with E-state index in [0.29, 0.717) is 0 Å². The summed E-state index contributed by atoms with van der Waals surface area (Å²) >= 11 is 1.85. The Bertz CT molecular complexity index is 2330. The van der Waals surface area contributed by atoms with E-state index in [1.165, 1.54) is 36.5 Å². The fourth-order valence-electron chi connectivity index (χ4n) is 5.86. The molecule has 0 unspecified atom stereocenters. The summed E-state index contributed by atoms with van der Waals surface area (Å²) in [4.78, 5) is 5.17. The second kappa shape index (κ2) is 6.17. The van der Waals surface area contributed by atoms with E-state index in [0.717, 1.165) is 44.0 Å². The van der Waals surface area contributed by atoms with Gasteiger partial charge >= 0.3 is 0 Å². The third kappa shape index (κ3) is 2.18. The smallest absolute Gasteiger partial charge is 0.146 e. The highest BCUT2D eigenvalue weighted by atomic mass is 32.1. The quantitative estimate of drug-likeness (QED) is 0.210.